The predicted molar refractivity (Wildman–Crippen MR) is 69.1 cm³/mol. The van der Waals surface area contributed by atoms with Gasteiger partial charge in [-0.05, 0) is 17.7 Å². The van der Waals surface area contributed by atoms with Crippen molar-refractivity contribution in [3.8, 4) is 11.5 Å². The molecule has 0 saturated carbocycles. The molecule has 5 nitrogen and oxygen atoms in total. The first-order chi connectivity index (χ1) is 8.81. The van der Waals surface area contributed by atoms with E-state index >= 15 is 0 Å². The summed E-state index contributed by atoms with van der Waals surface area (Å²) in [6.07, 6.45) is 0.595. The van der Waals surface area contributed by atoms with E-state index in [1.54, 1.807) is 5.51 Å². The molecule has 0 spiro atoms. The van der Waals surface area contributed by atoms with Crippen molar-refractivity contribution in [3.05, 3.63) is 46.6 Å². The smallest absolute Gasteiger partial charge is 0.231 e. The van der Waals surface area contributed by atoms with Crippen LogP contribution >= 0.6 is 11.3 Å². The van der Waals surface area contributed by atoms with Gasteiger partial charge in [-0.3, -0.25) is 0 Å². The summed E-state index contributed by atoms with van der Waals surface area (Å²) in [4.78, 5) is 8.44. The Labute approximate surface area is 107 Å². The van der Waals surface area contributed by atoms with Crippen molar-refractivity contribution in [1.82, 2.24) is 15.1 Å². The number of nitrogens with two attached hydrogens (primary N) is 1. The molecule has 0 amide bonds. The minimum absolute atomic E-state index is 0.529. The lowest BCUT2D eigenvalue weighted by atomic mass is 10.1. The summed E-state index contributed by atoms with van der Waals surface area (Å²) < 4.78 is 5.19. The Morgan fingerprint density at radius 3 is 2.78 bits per heavy atom. The largest absolute Gasteiger partial charge is 0.399 e. The molecular formula is C12H10N4OS. The average Bonchev–Trinajstić information content (AvgIpc) is 3.02. The minimum atomic E-state index is 0.529. The Kier molecular flexibility index (Phi) is 2.77. The monoisotopic (exact) mass is 258 g/mol. The highest BCUT2D eigenvalue weighted by Gasteiger charge is 2.10. The summed E-state index contributed by atoms with van der Waals surface area (Å²) >= 11 is 1.50. The summed E-state index contributed by atoms with van der Waals surface area (Å²) in [5, 5.41) is 5.79. The lowest BCUT2D eigenvalue weighted by Gasteiger charge is -1.96. The molecule has 1 aromatic carbocycles. The molecule has 3 aromatic rings. The second kappa shape index (κ2) is 4.58. The third-order valence-electron chi connectivity index (χ3n) is 2.46. The molecule has 0 aliphatic rings. The van der Waals surface area contributed by atoms with E-state index in [9.17, 15) is 0 Å². The first-order valence-electron chi connectivity index (χ1n) is 5.37. The Bertz CT molecular complexity index is 630. The van der Waals surface area contributed by atoms with Gasteiger partial charge in [0, 0.05) is 11.1 Å². The number of hydrogen-bond donors (Lipinski definition) is 1. The van der Waals surface area contributed by atoms with Crippen LogP contribution in [0.3, 0.4) is 0 Å². The van der Waals surface area contributed by atoms with Gasteiger partial charge in [-0.15, -0.1) is 11.3 Å². The molecule has 0 unspecified atom stereocenters. The zero-order chi connectivity index (χ0) is 12.4. The maximum absolute atomic E-state index is 5.63. The van der Waals surface area contributed by atoms with Gasteiger partial charge in [0.1, 0.15) is 5.69 Å². The van der Waals surface area contributed by atoms with Crippen LogP contribution in [0.2, 0.25) is 0 Å². The minimum Gasteiger partial charge on any atom is -0.399 e. The van der Waals surface area contributed by atoms with E-state index in [1.165, 1.54) is 11.3 Å². The van der Waals surface area contributed by atoms with Crippen molar-refractivity contribution in [2.45, 2.75) is 6.42 Å². The summed E-state index contributed by atoms with van der Waals surface area (Å²) in [7, 11) is 0. The highest BCUT2D eigenvalue weighted by Crippen LogP contribution is 2.17. The quantitative estimate of drug-likeness (QED) is 0.730. The number of aromatic nitrogens is 3. The van der Waals surface area contributed by atoms with Crippen LogP contribution in [0.1, 0.15) is 11.5 Å². The van der Waals surface area contributed by atoms with Crippen LogP contribution in [-0.4, -0.2) is 15.1 Å². The maximum Gasteiger partial charge on any atom is 0.231 e. The third kappa shape index (κ3) is 2.23. The van der Waals surface area contributed by atoms with Crippen LogP contribution in [0.4, 0.5) is 5.69 Å². The Hall–Kier alpha value is -2.21. The van der Waals surface area contributed by atoms with Crippen molar-refractivity contribution < 1.29 is 4.52 Å². The molecule has 0 saturated heterocycles. The number of nitrogen functional groups attached to an aromatic ring is 1. The molecule has 0 bridgehead atoms. The first kappa shape index (κ1) is 10.9. The van der Waals surface area contributed by atoms with Gasteiger partial charge in [-0.2, -0.15) is 4.98 Å². The van der Waals surface area contributed by atoms with Gasteiger partial charge in [0.15, 0.2) is 0 Å². The zero-order valence-electron chi connectivity index (χ0n) is 9.41. The van der Waals surface area contributed by atoms with Gasteiger partial charge < -0.3 is 10.3 Å². The van der Waals surface area contributed by atoms with Crippen LogP contribution < -0.4 is 5.73 Å². The number of thiazole rings is 1. The van der Waals surface area contributed by atoms with Crippen LogP contribution in [0.15, 0.2) is 39.7 Å². The van der Waals surface area contributed by atoms with Crippen LogP contribution in [0.5, 0.6) is 0 Å². The Morgan fingerprint density at radius 1 is 1.22 bits per heavy atom. The van der Waals surface area contributed by atoms with E-state index in [2.05, 4.69) is 15.1 Å². The molecule has 0 aliphatic carbocycles. The summed E-state index contributed by atoms with van der Waals surface area (Å²) in [6.45, 7) is 0. The lowest BCUT2D eigenvalue weighted by molar-refractivity contribution is 0.385. The SMILES string of the molecule is Nc1ccc(Cc2nc(-c3cscn3)no2)cc1. The molecule has 0 atom stereocenters. The van der Waals surface area contributed by atoms with Gasteiger partial charge in [0.25, 0.3) is 0 Å². The van der Waals surface area contributed by atoms with Crippen molar-refractivity contribution in [2.24, 2.45) is 0 Å². The number of rotatable bonds is 3. The van der Waals surface area contributed by atoms with E-state index in [-0.39, 0.29) is 0 Å². The van der Waals surface area contributed by atoms with Crippen LogP contribution in [0, 0.1) is 0 Å². The molecule has 2 aromatic heterocycles. The Morgan fingerprint density at radius 2 is 2.06 bits per heavy atom. The molecule has 90 valence electrons. The fourth-order valence-corrected chi connectivity index (χ4v) is 2.09. The fraction of sp³-hybridized carbons (Fsp3) is 0.0833. The van der Waals surface area contributed by atoms with Crippen molar-refractivity contribution in [2.75, 3.05) is 5.73 Å². The number of benzene rings is 1. The molecule has 6 heteroatoms. The van der Waals surface area contributed by atoms with Crippen molar-refractivity contribution in [3.63, 3.8) is 0 Å². The van der Waals surface area contributed by atoms with Crippen molar-refractivity contribution in [1.29, 1.82) is 0 Å². The van der Waals surface area contributed by atoms with Crippen molar-refractivity contribution >= 4 is 17.0 Å². The highest BCUT2D eigenvalue weighted by atomic mass is 32.1. The summed E-state index contributed by atoms with van der Waals surface area (Å²) in [6, 6.07) is 7.60. The zero-order valence-corrected chi connectivity index (χ0v) is 10.2. The topological polar surface area (TPSA) is 77.8 Å². The van der Waals surface area contributed by atoms with Crippen LogP contribution in [0.25, 0.3) is 11.5 Å². The van der Waals surface area contributed by atoms with E-state index < -0.39 is 0 Å². The number of anilines is 1. The van der Waals surface area contributed by atoms with Gasteiger partial charge in [0.05, 0.1) is 11.9 Å². The molecule has 18 heavy (non-hydrogen) atoms. The molecule has 0 fully saturated rings. The first-order valence-corrected chi connectivity index (χ1v) is 6.31. The van der Waals surface area contributed by atoms with Gasteiger partial charge in [0.2, 0.25) is 11.7 Å². The van der Waals surface area contributed by atoms with E-state index in [4.69, 9.17) is 10.3 Å². The standard InChI is InChI=1S/C12H10N4OS/c13-9-3-1-8(2-4-9)5-11-15-12(16-17-11)10-6-18-7-14-10/h1-4,6-7H,5,13H2. The second-order valence-electron chi connectivity index (χ2n) is 3.80. The molecular weight excluding hydrogens is 248 g/mol. The lowest BCUT2D eigenvalue weighted by Crippen LogP contribution is -1.90. The summed E-state index contributed by atoms with van der Waals surface area (Å²) in [5.41, 5.74) is 9.94. The van der Waals surface area contributed by atoms with E-state index in [1.807, 2.05) is 29.6 Å². The van der Waals surface area contributed by atoms with Gasteiger partial charge in [-0.1, -0.05) is 17.3 Å². The van der Waals surface area contributed by atoms with E-state index in [0.717, 1.165) is 16.9 Å². The number of hydrogen-bond acceptors (Lipinski definition) is 6. The molecule has 3 rings (SSSR count). The molecule has 0 aliphatic heterocycles. The van der Waals surface area contributed by atoms with Gasteiger partial charge in [-0.25, -0.2) is 4.98 Å². The fourth-order valence-electron chi connectivity index (χ4n) is 1.56. The maximum atomic E-state index is 5.63. The average molecular weight is 258 g/mol. The summed E-state index contributed by atoms with van der Waals surface area (Å²) in [5.74, 6) is 1.10. The molecule has 2 N–H and O–H groups in total. The Balaban J connectivity index is 1.80. The number of nitrogens with zero attached hydrogens (tertiary/aromatic N) is 3. The second-order valence-corrected chi connectivity index (χ2v) is 4.52. The van der Waals surface area contributed by atoms with E-state index in [0.29, 0.717) is 18.1 Å². The molecule has 0 radical (unpaired) electrons. The van der Waals surface area contributed by atoms with Gasteiger partial charge >= 0.3 is 0 Å². The third-order valence-corrected chi connectivity index (χ3v) is 3.05. The highest BCUT2D eigenvalue weighted by molar-refractivity contribution is 7.07. The normalized spacial score (nSPS) is 10.7. The molecule has 2 heterocycles. The van der Waals surface area contributed by atoms with Crippen LogP contribution in [-0.2, 0) is 6.42 Å². The predicted octanol–water partition coefficient (Wildman–Crippen LogP) is 2.37.